The van der Waals surface area contributed by atoms with Gasteiger partial charge in [-0.15, -0.1) is 0 Å². The number of carbonyl (C=O) groups excluding carboxylic acids is 3. The second-order valence-corrected chi connectivity index (χ2v) is 6.68. The first-order valence-corrected chi connectivity index (χ1v) is 8.44. The number of fused-ring (bicyclic) bond motifs is 1. The molecule has 0 fully saturated rings. The van der Waals surface area contributed by atoms with E-state index in [1.165, 1.54) is 12.5 Å². The summed E-state index contributed by atoms with van der Waals surface area (Å²) in [6.07, 6.45) is 2.57. The molecule has 1 aromatic heterocycles. The zero-order valence-corrected chi connectivity index (χ0v) is 15.1. The lowest BCUT2D eigenvalue weighted by Gasteiger charge is -2.31. The number of aromatic nitrogens is 2. The fourth-order valence-corrected chi connectivity index (χ4v) is 3.18. The number of benzene rings is 1. The minimum atomic E-state index is -0.488. The molecular formula is C19H20N4O3. The van der Waals surface area contributed by atoms with Crippen molar-refractivity contribution in [3.8, 4) is 0 Å². The Morgan fingerprint density at radius 2 is 1.62 bits per heavy atom. The van der Waals surface area contributed by atoms with E-state index >= 15 is 0 Å². The number of nitrogens with zero attached hydrogens (tertiary/aromatic N) is 4. The maximum Gasteiger partial charge on any atom is 0.284 e. The molecule has 1 aliphatic rings. The zero-order chi connectivity index (χ0) is 19.0. The number of rotatable bonds is 4. The zero-order valence-electron chi connectivity index (χ0n) is 15.1. The van der Waals surface area contributed by atoms with Gasteiger partial charge >= 0.3 is 0 Å². The SMILES string of the molecule is CC(C)N(C(=O)c1ccc(N2C(=O)c3cncnc3C2=O)cc1)C(C)C. The topological polar surface area (TPSA) is 83.5 Å². The van der Waals surface area contributed by atoms with E-state index in [1.54, 1.807) is 29.2 Å². The fourth-order valence-electron chi connectivity index (χ4n) is 3.18. The Morgan fingerprint density at radius 1 is 1.00 bits per heavy atom. The molecule has 0 N–H and O–H groups in total. The van der Waals surface area contributed by atoms with Gasteiger partial charge in [0.05, 0.1) is 11.3 Å². The Balaban J connectivity index is 1.88. The Labute approximate surface area is 151 Å². The molecule has 0 saturated carbocycles. The van der Waals surface area contributed by atoms with Gasteiger partial charge in [0.15, 0.2) is 0 Å². The summed E-state index contributed by atoms with van der Waals surface area (Å²) in [5.74, 6) is -1.04. The van der Waals surface area contributed by atoms with E-state index < -0.39 is 11.8 Å². The van der Waals surface area contributed by atoms with Crippen LogP contribution in [0.25, 0.3) is 0 Å². The van der Waals surface area contributed by atoms with E-state index in [2.05, 4.69) is 9.97 Å². The normalized spacial score (nSPS) is 13.5. The number of hydrogen-bond acceptors (Lipinski definition) is 5. The van der Waals surface area contributed by atoms with Gasteiger partial charge in [0, 0.05) is 23.8 Å². The highest BCUT2D eigenvalue weighted by Gasteiger charge is 2.38. The predicted octanol–water partition coefficient (Wildman–Crippen LogP) is 2.54. The van der Waals surface area contributed by atoms with E-state index in [0.29, 0.717) is 11.3 Å². The molecule has 2 heterocycles. The van der Waals surface area contributed by atoms with Gasteiger partial charge in [-0.25, -0.2) is 14.9 Å². The van der Waals surface area contributed by atoms with Crippen molar-refractivity contribution in [3.63, 3.8) is 0 Å². The van der Waals surface area contributed by atoms with Crippen molar-refractivity contribution in [2.75, 3.05) is 4.90 Å². The molecule has 0 bridgehead atoms. The first-order chi connectivity index (χ1) is 12.3. The standard InChI is InChI=1S/C19H20N4O3/c1-11(2)22(12(3)4)17(24)13-5-7-14(8-6-13)23-18(25)15-9-20-10-21-16(15)19(23)26/h5-12H,1-4H3. The van der Waals surface area contributed by atoms with E-state index in [-0.39, 0.29) is 29.2 Å². The summed E-state index contributed by atoms with van der Waals surface area (Å²) >= 11 is 0. The van der Waals surface area contributed by atoms with Crippen LogP contribution in [0.4, 0.5) is 5.69 Å². The van der Waals surface area contributed by atoms with Crippen LogP contribution in [0.3, 0.4) is 0 Å². The monoisotopic (exact) mass is 352 g/mol. The second kappa shape index (κ2) is 6.67. The molecule has 0 radical (unpaired) electrons. The van der Waals surface area contributed by atoms with E-state index in [0.717, 1.165) is 4.90 Å². The van der Waals surface area contributed by atoms with Crippen LogP contribution in [0.5, 0.6) is 0 Å². The number of anilines is 1. The number of carbonyl (C=O) groups is 3. The van der Waals surface area contributed by atoms with Gasteiger partial charge in [0.2, 0.25) is 0 Å². The number of imide groups is 1. The summed E-state index contributed by atoms with van der Waals surface area (Å²) < 4.78 is 0. The molecule has 3 rings (SSSR count). The van der Waals surface area contributed by atoms with Gasteiger partial charge in [-0.2, -0.15) is 0 Å². The molecule has 2 aromatic rings. The van der Waals surface area contributed by atoms with Crippen LogP contribution in [0, 0.1) is 0 Å². The molecule has 1 aliphatic heterocycles. The Kier molecular flexibility index (Phi) is 4.54. The van der Waals surface area contributed by atoms with Gasteiger partial charge in [-0.1, -0.05) is 0 Å². The highest BCUT2D eigenvalue weighted by Crippen LogP contribution is 2.27. The smallest absolute Gasteiger partial charge is 0.284 e. The van der Waals surface area contributed by atoms with E-state index in [4.69, 9.17) is 0 Å². The quantitative estimate of drug-likeness (QED) is 0.790. The lowest BCUT2D eigenvalue weighted by Crippen LogP contribution is -2.42. The average molecular weight is 352 g/mol. The summed E-state index contributed by atoms with van der Waals surface area (Å²) in [7, 11) is 0. The van der Waals surface area contributed by atoms with Gasteiger partial charge in [0.25, 0.3) is 17.7 Å². The van der Waals surface area contributed by atoms with Gasteiger partial charge in [-0.3, -0.25) is 14.4 Å². The Morgan fingerprint density at radius 3 is 2.15 bits per heavy atom. The van der Waals surface area contributed by atoms with Crippen molar-refractivity contribution in [2.45, 2.75) is 39.8 Å². The average Bonchev–Trinajstić information content (AvgIpc) is 2.86. The van der Waals surface area contributed by atoms with Gasteiger partial charge in [0.1, 0.15) is 12.0 Å². The molecule has 26 heavy (non-hydrogen) atoms. The maximum absolute atomic E-state index is 12.7. The second-order valence-electron chi connectivity index (χ2n) is 6.68. The van der Waals surface area contributed by atoms with Crippen molar-refractivity contribution >= 4 is 23.4 Å². The third-order valence-corrected chi connectivity index (χ3v) is 4.27. The van der Waals surface area contributed by atoms with Crippen LogP contribution in [-0.2, 0) is 0 Å². The molecule has 134 valence electrons. The summed E-state index contributed by atoms with van der Waals surface area (Å²) in [6, 6.07) is 6.59. The van der Waals surface area contributed by atoms with E-state index in [9.17, 15) is 14.4 Å². The third-order valence-electron chi connectivity index (χ3n) is 4.27. The minimum absolute atomic E-state index is 0.0667. The third kappa shape index (κ3) is 2.85. The lowest BCUT2D eigenvalue weighted by atomic mass is 10.1. The molecule has 1 aromatic carbocycles. The molecule has 7 nitrogen and oxygen atoms in total. The summed E-state index contributed by atoms with van der Waals surface area (Å²) in [4.78, 5) is 48.2. The first-order valence-electron chi connectivity index (χ1n) is 8.44. The molecule has 0 aliphatic carbocycles. The lowest BCUT2D eigenvalue weighted by molar-refractivity contribution is 0.0643. The van der Waals surface area contributed by atoms with Crippen molar-refractivity contribution in [1.82, 2.24) is 14.9 Å². The molecule has 0 atom stereocenters. The van der Waals surface area contributed by atoms with Crippen molar-refractivity contribution in [1.29, 1.82) is 0 Å². The van der Waals surface area contributed by atoms with Crippen molar-refractivity contribution < 1.29 is 14.4 Å². The summed E-state index contributed by atoms with van der Waals surface area (Å²) in [5.41, 5.74) is 1.18. The Bertz CT molecular complexity index is 832. The summed E-state index contributed by atoms with van der Waals surface area (Å²) in [5, 5.41) is 0. The predicted molar refractivity (Wildman–Crippen MR) is 96.1 cm³/mol. The van der Waals surface area contributed by atoms with Crippen LogP contribution in [0.2, 0.25) is 0 Å². The Hall–Kier alpha value is -3.09. The molecule has 0 saturated heterocycles. The van der Waals surface area contributed by atoms with Gasteiger partial charge in [-0.05, 0) is 52.0 Å². The number of amides is 3. The van der Waals surface area contributed by atoms with Crippen LogP contribution in [-0.4, -0.2) is 44.7 Å². The molecule has 0 unspecified atom stereocenters. The molecule has 3 amide bonds. The molecule has 7 heteroatoms. The van der Waals surface area contributed by atoms with Gasteiger partial charge < -0.3 is 4.90 Å². The minimum Gasteiger partial charge on any atom is -0.334 e. The highest BCUT2D eigenvalue weighted by atomic mass is 16.2. The van der Waals surface area contributed by atoms with Crippen LogP contribution >= 0.6 is 0 Å². The molecule has 0 spiro atoms. The van der Waals surface area contributed by atoms with E-state index in [1.807, 2.05) is 27.7 Å². The highest BCUT2D eigenvalue weighted by molar-refractivity contribution is 6.33. The first kappa shape index (κ1) is 17.7. The van der Waals surface area contributed by atoms with Crippen LogP contribution < -0.4 is 4.90 Å². The van der Waals surface area contributed by atoms with Crippen molar-refractivity contribution in [2.24, 2.45) is 0 Å². The van der Waals surface area contributed by atoms with Crippen molar-refractivity contribution in [3.05, 3.63) is 53.6 Å². The fraction of sp³-hybridized carbons (Fsp3) is 0.316. The number of hydrogen-bond donors (Lipinski definition) is 0. The molecular weight excluding hydrogens is 332 g/mol. The maximum atomic E-state index is 12.7. The summed E-state index contributed by atoms with van der Waals surface area (Å²) in [6.45, 7) is 7.86. The van der Waals surface area contributed by atoms with Crippen LogP contribution in [0.1, 0.15) is 58.9 Å². The largest absolute Gasteiger partial charge is 0.334 e. The van der Waals surface area contributed by atoms with Crippen LogP contribution in [0.15, 0.2) is 36.8 Å².